The molecule has 0 aromatic rings. The summed E-state index contributed by atoms with van der Waals surface area (Å²) in [7, 11) is 4.21. The van der Waals surface area contributed by atoms with Crippen LogP contribution in [0.15, 0.2) is 28.8 Å². The summed E-state index contributed by atoms with van der Waals surface area (Å²) in [5.74, 6) is 0.536. The van der Waals surface area contributed by atoms with Gasteiger partial charge in [-0.15, -0.1) is 0 Å². The number of nitrogens with zero attached hydrogens (tertiary/aromatic N) is 2. The van der Waals surface area contributed by atoms with Gasteiger partial charge in [-0.2, -0.15) is 0 Å². The van der Waals surface area contributed by atoms with Gasteiger partial charge in [0.25, 0.3) is 0 Å². The fourth-order valence-corrected chi connectivity index (χ4v) is 4.90. The van der Waals surface area contributed by atoms with Gasteiger partial charge in [0.05, 0.1) is 6.04 Å². The number of carboxylic acid groups (broad SMARTS) is 1. The zero-order chi connectivity index (χ0) is 17.8. The minimum Gasteiger partial charge on any atom is -0.481 e. The maximum absolute atomic E-state index is 11.3. The smallest absolute Gasteiger partial charge is 0.303 e. The van der Waals surface area contributed by atoms with Crippen molar-refractivity contribution < 1.29 is 9.90 Å². The van der Waals surface area contributed by atoms with Crippen LogP contribution in [-0.4, -0.2) is 48.4 Å². The van der Waals surface area contributed by atoms with Crippen LogP contribution in [0.25, 0.3) is 0 Å². The lowest BCUT2D eigenvalue weighted by atomic mass is 9.73. The second-order valence-corrected chi connectivity index (χ2v) is 8.23. The molecule has 1 heterocycles. The number of aliphatic carboxylic acids is 1. The number of fused-ring (bicyclic) bond motifs is 1. The van der Waals surface area contributed by atoms with E-state index in [4.69, 9.17) is 0 Å². The SMILES string of the molecule is CN(C)C1CCC(/C=C/C2=CC=NC3CCCCC23)C(CC(=O)O)C1. The first-order chi connectivity index (χ1) is 12.0. The minimum atomic E-state index is -0.667. The van der Waals surface area contributed by atoms with Crippen molar-refractivity contribution in [2.75, 3.05) is 14.1 Å². The van der Waals surface area contributed by atoms with E-state index < -0.39 is 5.97 Å². The Labute approximate surface area is 151 Å². The summed E-state index contributed by atoms with van der Waals surface area (Å²) in [6.45, 7) is 0. The molecule has 4 nitrogen and oxygen atoms in total. The van der Waals surface area contributed by atoms with Crippen LogP contribution in [0.4, 0.5) is 0 Å². The number of allylic oxidation sites excluding steroid dienone is 3. The maximum Gasteiger partial charge on any atom is 0.303 e. The first kappa shape index (κ1) is 18.4. The van der Waals surface area contributed by atoms with Crippen LogP contribution >= 0.6 is 0 Å². The Hall–Kier alpha value is -1.42. The van der Waals surface area contributed by atoms with Gasteiger partial charge in [-0.25, -0.2) is 0 Å². The third-order valence-electron chi connectivity index (χ3n) is 6.42. The fourth-order valence-electron chi connectivity index (χ4n) is 4.90. The predicted octanol–water partition coefficient (Wildman–Crippen LogP) is 3.93. The van der Waals surface area contributed by atoms with Gasteiger partial charge in [0.1, 0.15) is 0 Å². The Kier molecular flexibility index (Phi) is 6.10. The van der Waals surface area contributed by atoms with Crippen molar-refractivity contribution in [2.45, 2.75) is 63.5 Å². The summed E-state index contributed by atoms with van der Waals surface area (Å²) in [5.41, 5.74) is 1.41. The Bertz CT molecular complexity index is 564. The molecule has 0 saturated heterocycles. The molecule has 0 amide bonds. The first-order valence-corrected chi connectivity index (χ1v) is 9.84. The number of hydrogen-bond donors (Lipinski definition) is 1. The van der Waals surface area contributed by atoms with Crippen molar-refractivity contribution in [3.63, 3.8) is 0 Å². The second kappa shape index (κ2) is 8.31. The van der Waals surface area contributed by atoms with Gasteiger partial charge in [-0.3, -0.25) is 9.79 Å². The average Bonchev–Trinajstić information content (AvgIpc) is 2.60. The number of carbonyl (C=O) groups is 1. The van der Waals surface area contributed by atoms with E-state index in [1.54, 1.807) is 0 Å². The zero-order valence-corrected chi connectivity index (χ0v) is 15.6. The normalized spacial score (nSPS) is 35.6. The molecule has 0 spiro atoms. The highest BCUT2D eigenvalue weighted by atomic mass is 16.4. The summed E-state index contributed by atoms with van der Waals surface area (Å²) in [6.07, 6.45) is 17.3. The van der Waals surface area contributed by atoms with Gasteiger partial charge >= 0.3 is 5.97 Å². The van der Waals surface area contributed by atoms with E-state index in [1.165, 1.54) is 31.3 Å². The zero-order valence-electron chi connectivity index (χ0n) is 15.6. The van der Waals surface area contributed by atoms with Crippen molar-refractivity contribution in [3.8, 4) is 0 Å². The average molecular weight is 344 g/mol. The number of carboxylic acids is 1. The van der Waals surface area contributed by atoms with E-state index in [1.807, 2.05) is 6.21 Å². The van der Waals surface area contributed by atoms with Crippen molar-refractivity contribution in [1.82, 2.24) is 4.90 Å². The Balaban J connectivity index is 1.69. The van der Waals surface area contributed by atoms with Crippen molar-refractivity contribution in [1.29, 1.82) is 0 Å². The van der Waals surface area contributed by atoms with Crippen molar-refractivity contribution in [2.24, 2.45) is 22.7 Å². The molecule has 138 valence electrons. The highest BCUT2D eigenvalue weighted by molar-refractivity contribution is 5.75. The van der Waals surface area contributed by atoms with Crippen LogP contribution in [-0.2, 0) is 4.79 Å². The van der Waals surface area contributed by atoms with Gasteiger partial charge in [0.15, 0.2) is 0 Å². The number of dihydropyridines is 1. The molecule has 2 aliphatic carbocycles. The van der Waals surface area contributed by atoms with Gasteiger partial charge in [0.2, 0.25) is 0 Å². The molecule has 5 atom stereocenters. The van der Waals surface area contributed by atoms with Crippen molar-refractivity contribution in [3.05, 3.63) is 23.8 Å². The standard InChI is InChI=1S/C21H32N2O2/c1-23(2)18-10-9-15(17(13-18)14-21(24)25)7-8-16-11-12-22-20-6-4-3-5-19(16)20/h7-8,11-12,15,17-20H,3-6,9-10,13-14H2,1-2H3,(H,24,25)/b8-7+. The molecule has 4 heteroatoms. The lowest BCUT2D eigenvalue weighted by molar-refractivity contribution is -0.138. The van der Waals surface area contributed by atoms with Crippen LogP contribution in [0.1, 0.15) is 51.4 Å². The molecule has 0 aromatic carbocycles. The first-order valence-electron chi connectivity index (χ1n) is 9.84. The predicted molar refractivity (Wildman–Crippen MR) is 102 cm³/mol. The fraction of sp³-hybridized carbons (Fsp3) is 0.714. The largest absolute Gasteiger partial charge is 0.481 e. The molecule has 2 saturated carbocycles. The molecule has 3 aliphatic rings. The lowest BCUT2D eigenvalue weighted by Gasteiger charge is -2.37. The minimum absolute atomic E-state index is 0.245. The monoisotopic (exact) mass is 344 g/mol. The molecule has 0 aromatic heterocycles. The lowest BCUT2D eigenvalue weighted by Crippen LogP contribution is -2.37. The molecule has 0 bridgehead atoms. The van der Waals surface area contributed by atoms with Crippen LogP contribution in [0.3, 0.4) is 0 Å². The maximum atomic E-state index is 11.3. The number of hydrogen-bond acceptors (Lipinski definition) is 3. The van der Waals surface area contributed by atoms with Gasteiger partial charge < -0.3 is 10.0 Å². The summed E-state index contributed by atoms with van der Waals surface area (Å²) >= 11 is 0. The molecule has 5 unspecified atom stereocenters. The molecular formula is C21H32N2O2. The summed E-state index contributed by atoms with van der Waals surface area (Å²) in [4.78, 5) is 18.2. The van der Waals surface area contributed by atoms with Crippen LogP contribution in [0.2, 0.25) is 0 Å². The summed E-state index contributed by atoms with van der Waals surface area (Å²) in [5, 5.41) is 9.31. The van der Waals surface area contributed by atoms with E-state index in [-0.39, 0.29) is 12.3 Å². The van der Waals surface area contributed by atoms with Crippen LogP contribution in [0.5, 0.6) is 0 Å². The molecule has 2 fully saturated rings. The van der Waals surface area contributed by atoms with Gasteiger partial charge in [-0.05, 0) is 69.7 Å². The molecule has 1 N–H and O–H groups in total. The van der Waals surface area contributed by atoms with Crippen LogP contribution < -0.4 is 0 Å². The summed E-state index contributed by atoms with van der Waals surface area (Å²) in [6, 6.07) is 0.982. The third kappa shape index (κ3) is 4.60. The van der Waals surface area contributed by atoms with E-state index in [0.29, 0.717) is 23.9 Å². The van der Waals surface area contributed by atoms with E-state index >= 15 is 0 Å². The molecule has 0 radical (unpaired) electrons. The highest BCUT2D eigenvalue weighted by Crippen LogP contribution is 2.38. The second-order valence-electron chi connectivity index (χ2n) is 8.23. The van der Waals surface area contributed by atoms with E-state index in [0.717, 1.165) is 19.3 Å². The third-order valence-corrected chi connectivity index (χ3v) is 6.42. The Morgan fingerprint density at radius 3 is 2.84 bits per heavy atom. The Morgan fingerprint density at radius 2 is 2.08 bits per heavy atom. The van der Waals surface area contributed by atoms with E-state index in [9.17, 15) is 9.90 Å². The quantitative estimate of drug-likeness (QED) is 0.822. The van der Waals surface area contributed by atoms with Gasteiger partial charge in [-0.1, -0.05) is 25.0 Å². The van der Waals surface area contributed by atoms with Gasteiger partial charge in [0, 0.05) is 24.6 Å². The van der Waals surface area contributed by atoms with Crippen molar-refractivity contribution >= 4 is 12.2 Å². The summed E-state index contributed by atoms with van der Waals surface area (Å²) < 4.78 is 0. The number of rotatable bonds is 5. The topological polar surface area (TPSA) is 52.9 Å². The molecular weight excluding hydrogens is 312 g/mol. The molecule has 25 heavy (non-hydrogen) atoms. The highest BCUT2D eigenvalue weighted by Gasteiger charge is 2.32. The molecule has 3 rings (SSSR count). The Morgan fingerprint density at radius 1 is 1.28 bits per heavy atom. The molecule has 1 aliphatic heterocycles. The van der Waals surface area contributed by atoms with Crippen LogP contribution in [0, 0.1) is 17.8 Å². The van der Waals surface area contributed by atoms with E-state index in [2.05, 4.69) is 42.2 Å². The number of aliphatic imine (C=N–C) groups is 1.